The topological polar surface area (TPSA) is 61.0 Å². The van der Waals surface area contributed by atoms with Crippen molar-refractivity contribution in [3.8, 4) is 5.88 Å². The molecule has 0 spiro atoms. The molecule has 1 aromatic rings. The van der Waals surface area contributed by atoms with Gasteiger partial charge in [-0.2, -0.15) is 4.98 Å². The highest BCUT2D eigenvalue weighted by molar-refractivity contribution is 5.18. The normalized spacial score (nSPS) is 13.0. The molecule has 0 aliphatic rings. The fraction of sp³-hybridized carbons (Fsp3) is 0.600. The van der Waals surface area contributed by atoms with Crippen molar-refractivity contribution in [2.75, 3.05) is 7.11 Å². The lowest BCUT2D eigenvalue weighted by Gasteiger charge is -2.15. The second-order valence-corrected chi connectivity index (χ2v) is 3.65. The second-order valence-electron chi connectivity index (χ2n) is 3.65. The number of ether oxygens (including phenoxy) is 1. The number of hydrogen-bond donors (Lipinski definition) is 1. The van der Waals surface area contributed by atoms with E-state index in [1.54, 1.807) is 13.2 Å². The summed E-state index contributed by atoms with van der Waals surface area (Å²) < 4.78 is 5.06. The minimum Gasteiger partial charge on any atom is -0.481 e. The predicted molar refractivity (Wildman–Crippen MR) is 55.1 cm³/mol. The maximum Gasteiger partial charge on any atom is 0.216 e. The monoisotopic (exact) mass is 195 g/mol. The highest BCUT2D eigenvalue weighted by Crippen LogP contribution is 2.19. The van der Waals surface area contributed by atoms with E-state index in [0.717, 1.165) is 5.69 Å². The molecule has 4 heteroatoms. The molecule has 0 aliphatic carbocycles. The van der Waals surface area contributed by atoms with Crippen LogP contribution in [0.5, 0.6) is 5.88 Å². The van der Waals surface area contributed by atoms with Crippen LogP contribution in [0.15, 0.2) is 6.07 Å². The molecule has 4 nitrogen and oxygen atoms in total. The van der Waals surface area contributed by atoms with Crippen LogP contribution in [-0.2, 0) is 0 Å². The van der Waals surface area contributed by atoms with Gasteiger partial charge in [0.05, 0.1) is 12.8 Å². The smallest absolute Gasteiger partial charge is 0.216 e. The number of aryl methyl sites for hydroxylation is 1. The summed E-state index contributed by atoms with van der Waals surface area (Å²) in [5.41, 5.74) is 6.82. The Morgan fingerprint density at radius 1 is 1.36 bits per heavy atom. The van der Waals surface area contributed by atoms with Crippen LogP contribution in [0.4, 0.5) is 0 Å². The molecule has 0 saturated carbocycles. The zero-order chi connectivity index (χ0) is 10.7. The predicted octanol–water partition coefficient (Wildman–Crippen LogP) is 1.45. The molecule has 0 aromatic carbocycles. The van der Waals surface area contributed by atoms with E-state index in [-0.39, 0.29) is 6.04 Å². The first-order valence-electron chi connectivity index (χ1n) is 4.69. The minimum atomic E-state index is -0.0643. The summed E-state index contributed by atoms with van der Waals surface area (Å²) in [6.45, 7) is 5.96. The SMILES string of the molecule is COc1cc(C(N)C(C)C)nc(C)n1. The number of methoxy groups -OCH3 is 1. The van der Waals surface area contributed by atoms with Crippen molar-refractivity contribution in [2.45, 2.75) is 26.8 Å². The van der Waals surface area contributed by atoms with Crippen molar-refractivity contribution in [1.82, 2.24) is 9.97 Å². The average Bonchev–Trinajstić information content (AvgIpc) is 2.15. The highest BCUT2D eigenvalue weighted by atomic mass is 16.5. The Balaban J connectivity index is 3.02. The molecule has 0 bridgehead atoms. The van der Waals surface area contributed by atoms with Gasteiger partial charge in [-0.1, -0.05) is 13.8 Å². The molecule has 0 aliphatic heterocycles. The van der Waals surface area contributed by atoms with Gasteiger partial charge >= 0.3 is 0 Å². The first-order valence-corrected chi connectivity index (χ1v) is 4.69. The van der Waals surface area contributed by atoms with Gasteiger partial charge in [-0.15, -0.1) is 0 Å². The van der Waals surface area contributed by atoms with Crippen molar-refractivity contribution in [2.24, 2.45) is 11.7 Å². The Morgan fingerprint density at radius 2 is 2.00 bits per heavy atom. The maximum atomic E-state index is 5.98. The zero-order valence-electron chi connectivity index (χ0n) is 9.11. The van der Waals surface area contributed by atoms with Crippen molar-refractivity contribution < 1.29 is 4.74 Å². The Labute approximate surface area is 84.5 Å². The van der Waals surface area contributed by atoms with Crippen LogP contribution in [0.3, 0.4) is 0 Å². The van der Waals surface area contributed by atoms with E-state index in [9.17, 15) is 0 Å². The molecule has 0 fully saturated rings. The van der Waals surface area contributed by atoms with E-state index in [4.69, 9.17) is 10.5 Å². The number of hydrogen-bond acceptors (Lipinski definition) is 4. The summed E-state index contributed by atoms with van der Waals surface area (Å²) >= 11 is 0. The Kier molecular flexibility index (Phi) is 3.41. The summed E-state index contributed by atoms with van der Waals surface area (Å²) in [7, 11) is 1.59. The van der Waals surface area contributed by atoms with Gasteiger partial charge < -0.3 is 10.5 Å². The van der Waals surface area contributed by atoms with Gasteiger partial charge in [0.1, 0.15) is 5.82 Å². The molecule has 0 saturated heterocycles. The lowest BCUT2D eigenvalue weighted by molar-refractivity contribution is 0.391. The molecule has 0 amide bonds. The van der Waals surface area contributed by atoms with Gasteiger partial charge in [-0.3, -0.25) is 0 Å². The molecule has 1 heterocycles. The van der Waals surface area contributed by atoms with Gasteiger partial charge in [0, 0.05) is 12.1 Å². The zero-order valence-corrected chi connectivity index (χ0v) is 9.11. The van der Waals surface area contributed by atoms with Crippen molar-refractivity contribution >= 4 is 0 Å². The van der Waals surface area contributed by atoms with Gasteiger partial charge in [0.25, 0.3) is 0 Å². The van der Waals surface area contributed by atoms with Crippen LogP contribution >= 0.6 is 0 Å². The van der Waals surface area contributed by atoms with Crippen LogP contribution in [-0.4, -0.2) is 17.1 Å². The molecule has 14 heavy (non-hydrogen) atoms. The maximum absolute atomic E-state index is 5.98. The highest BCUT2D eigenvalue weighted by Gasteiger charge is 2.13. The molecule has 78 valence electrons. The lowest BCUT2D eigenvalue weighted by atomic mass is 10.0. The molecule has 1 atom stereocenters. The molecule has 1 rings (SSSR count). The summed E-state index contributed by atoms with van der Waals surface area (Å²) in [5, 5.41) is 0. The van der Waals surface area contributed by atoms with Crippen LogP contribution in [0.1, 0.15) is 31.4 Å². The summed E-state index contributed by atoms with van der Waals surface area (Å²) in [6.07, 6.45) is 0. The van der Waals surface area contributed by atoms with Crippen molar-refractivity contribution in [3.63, 3.8) is 0 Å². The van der Waals surface area contributed by atoms with Gasteiger partial charge in [-0.05, 0) is 12.8 Å². The summed E-state index contributed by atoms with van der Waals surface area (Å²) in [6, 6.07) is 1.73. The number of nitrogens with two attached hydrogens (primary N) is 1. The van der Waals surface area contributed by atoms with E-state index in [0.29, 0.717) is 17.6 Å². The lowest BCUT2D eigenvalue weighted by Crippen LogP contribution is -2.18. The Hall–Kier alpha value is -1.16. The van der Waals surface area contributed by atoms with Crippen LogP contribution in [0, 0.1) is 12.8 Å². The van der Waals surface area contributed by atoms with Gasteiger partial charge in [0.15, 0.2) is 0 Å². The third kappa shape index (κ3) is 2.42. The van der Waals surface area contributed by atoms with E-state index in [1.807, 2.05) is 6.92 Å². The Morgan fingerprint density at radius 3 is 2.50 bits per heavy atom. The van der Waals surface area contributed by atoms with Crippen LogP contribution in [0.2, 0.25) is 0 Å². The first kappa shape index (κ1) is 10.9. The van der Waals surface area contributed by atoms with Crippen LogP contribution < -0.4 is 10.5 Å². The number of nitrogens with zero attached hydrogens (tertiary/aromatic N) is 2. The van der Waals surface area contributed by atoms with Gasteiger partial charge in [0.2, 0.25) is 5.88 Å². The van der Waals surface area contributed by atoms with Gasteiger partial charge in [-0.25, -0.2) is 4.98 Å². The molecular weight excluding hydrogens is 178 g/mol. The summed E-state index contributed by atoms with van der Waals surface area (Å²) in [5.74, 6) is 1.62. The third-order valence-corrected chi connectivity index (χ3v) is 2.10. The number of rotatable bonds is 3. The molecule has 2 N–H and O–H groups in total. The molecule has 0 radical (unpaired) electrons. The quantitative estimate of drug-likeness (QED) is 0.793. The standard InChI is InChI=1S/C10H17N3O/c1-6(2)10(11)8-5-9(14-4)13-7(3)12-8/h5-6,10H,11H2,1-4H3. The average molecular weight is 195 g/mol. The third-order valence-electron chi connectivity index (χ3n) is 2.10. The molecule has 1 aromatic heterocycles. The number of aromatic nitrogens is 2. The van der Waals surface area contributed by atoms with Crippen LogP contribution in [0.25, 0.3) is 0 Å². The largest absolute Gasteiger partial charge is 0.481 e. The van der Waals surface area contributed by atoms with E-state index in [2.05, 4.69) is 23.8 Å². The van der Waals surface area contributed by atoms with Crippen molar-refractivity contribution in [3.05, 3.63) is 17.6 Å². The molecule has 1 unspecified atom stereocenters. The fourth-order valence-corrected chi connectivity index (χ4v) is 1.18. The molecular formula is C10H17N3O. The Bertz CT molecular complexity index is 312. The fourth-order valence-electron chi connectivity index (χ4n) is 1.18. The summed E-state index contributed by atoms with van der Waals surface area (Å²) in [4.78, 5) is 8.39. The van der Waals surface area contributed by atoms with E-state index >= 15 is 0 Å². The first-order chi connectivity index (χ1) is 6.54. The van der Waals surface area contributed by atoms with E-state index in [1.165, 1.54) is 0 Å². The van der Waals surface area contributed by atoms with Crippen molar-refractivity contribution in [1.29, 1.82) is 0 Å². The second kappa shape index (κ2) is 4.37. The minimum absolute atomic E-state index is 0.0643. The van der Waals surface area contributed by atoms with E-state index < -0.39 is 0 Å².